The normalized spacial score (nSPS) is 10.5. The van der Waals surface area contributed by atoms with Gasteiger partial charge in [-0.2, -0.15) is 0 Å². The average molecular weight is 616 g/mol. The molecule has 0 aliphatic rings. The number of aromatic nitrogens is 5. The molecule has 0 radical (unpaired) electrons. The van der Waals surface area contributed by atoms with E-state index >= 15 is 0 Å². The van der Waals surface area contributed by atoms with Crippen molar-refractivity contribution < 1.29 is 19.2 Å². The Kier molecular flexibility index (Phi) is 9.12. The van der Waals surface area contributed by atoms with E-state index < -0.39 is 11.8 Å². The van der Waals surface area contributed by atoms with Gasteiger partial charge in [0.2, 0.25) is 0 Å². The second-order valence-corrected chi connectivity index (χ2v) is 10.0. The Morgan fingerprint density at radius 2 is 0.696 bits per heavy atom. The molecule has 46 heavy (non-hydrogen) atoms. The lowest BCUT2D eigenvalue weighted by Crippen LogP contribution is -2.32. The van der Waals surface area contributed by atoms with Gasteiger partial charge in [0.1, 0.15) is 46.0 Å². The molecule has 0 N–H and O–H groups in total. The maximum Gasteiger partial charge on any atom is 0.277 e. The van der Waals surface area contributed by atoms with Crippen molar-refractivity contribution in [1.82, 2.24) is 24.9 Å². The molecular formula is C33H29N9O4. The Bertz CT molecular complexity index is 1770. The van der Waals surface area contributed by atoms with Gasteiger partial charge in [-0.05, 0) is 60.7 Å². The van der Waals surface area contributed by atoms with E-state index in [9.17, 15) is 19.2 Å². The first-order valence-corrected chi connectivity index (χ1v) is 14.0. The number of pyridine rings is 5. The van der Waals surface area contributed by atoms with Crippen LogP contribution in [-0.2, 0) is 0 Å². The number of carbonyl (C=O) groups excluding carboxylic acids is 4. The largest absolute Gasteiger partial charge is 0.294 e. The number of amides is 4. The summed E-state index contributed by atoms with van der Waals surface area (Å²) in [7, 11) is 6.18. The van der Waals surface area contributed by atoms with Crippen LogP contribution >= 0.6 is 0 Å². The minimum absolute atomic E-state index is 0.00858. The van der Waals surface area contributed by atoms with Crippen LogP contribution in [0.5, 0.6) is 0 Å². The monoisotopic (exact) mass is 615 g/mol. The van der Waals surface area contributed by atoms with Crippen LogP contribution < -0.4 is 19.6 Å². The number of carbonyl (C=O) groups is 4. The SMILES string of the molecule is CN(C(=O)c1ccccn1)c1cccc(N(C)C(=O)c2cccc(C(=O)N(C)c3cccc(N(C)C(=O)c4ccccn4)n3)n2)n1. The van der Waals surface area contributed by atoms with Gasteiger partial charge < -0.3 is 0 Å². The van der Waals surface area contributed by atoms with Crippen molar-refractivity contribution in [3.63, 3.8) is 0 Å². The third-order valence-corrected chi connectivity index (χ3v) is 6.99. The van der Waals surface area contributed by atoms with E-state index in [1.807, 2.05) is 0 Å². The molecule has 5 heterocycles. The molecule has 0 aromatic carbocycles. The summed E-state index contributed by atoms with van der Waals surface area (Å²) < 4.78 is 0. The summed E-state index contributed by atoms with van der Waals surface area (Å²) in [5, 5.41) is 0. The number of rotatable bonds is 8. The maximum atomic E-state index is 13.4. The Balaban J connectivity index is 1.31. The Morgan fingerprint density at radius 1 is 0.391 bits per heavy atom. The van der Waals surface area contributed by atoms with Gasteiger partial charge in [0, 0.05) is 40.6 Å². The van der Waals surface area contributed by atoms with E-state index in [4.69, 9.17) is 0 Å². The van der Waals surface area contributed by atoms with Crippen LogP contribution in [0.15, 0.2) is 103 Å². The van der Waals surface area contributed by atoms with Crippen LogP contribution in [0.2, 0.25) is 0 Å². The lowest BCUT2D eigenvalue weighted by molar-refractivity contribution is 0.0975. The van der Waals surface area contributed by atoms with Crippen molar-refractivity contribution in [2.45, 2.75) is 0 Å². The molecule has 5 rings (SSSR count). The first-order chi connectivity index (χ1) is 22.2. The molecule has 0 fully saturated rings. The molecule has 0 unspecified atom stereocenters. The number of anilines is 4. The van der Waals surface area contributed by atoms with E-state index in [0.29, 0.717) is 11.6 Å². The average Bonchev–Trinajstić information content (AvgIpc) is 3.13. The van der Waals surface area contributed by atoms with Gasteiger partial charge in [0.25, 0.3) is 23.6 Å². The topological polar surface area (TPSA) is 146 Å². The van der Waals surface area contributed by atoms with E-state index in [2.05, 4.69) is 24.9 Å². The summed E-state index contributed by atoms with van der Waals surface area (Å²) >= 11 is 0. The molecule has 0 atom stereocenters. The summed E-state index contributed by atoms with van der Waals surface area (Å²) in [4.78, 5) is 79.3. The summed E-state index contributed by atoms with van der Waals surface area (Å²) in [6.45, 7) is 0. The van der Waals surface area contributed by atoms with Gasteiger partial charge in [-0.1, -0.05) is 30.3 Å². The number of nitrogens with zero attached hydrogens (tertiary/aromatic N) is 9. The summed E-state index contributed by atoms with van der Waals surface area (Å²) in [6, 6.07) is 24.5. The van der Waals surface area contributed by atoms with Crippen molar-refractivity contribution in [3.05, 3.63) is 126 Å². The molecule has 0 aliphatic heterocycles. The Morgan fingerprint density at radius 3 is 1.02 bits per heavy atom. The van der Waals surface area contributed by atoms with Gasteiger partial charge in [-0.25, -0.2) is 15.0 Å². The lowest BCUT2D eigenvalue weighted by atomic mass is 10.2. The molecule has 0 bridgehead atoms. The fraction of sp³-hybridized carbons (Fsp3) is 0.121. The smallest absolute Gasteiger partial charge is 0.277 e. The summed E-state index contributed by atoms with van der Waals surface area (Å²) in [5.41, 5.74) is 0.525. The minimum atomic E-state index is -0.518. The van der Waals surface area contributed by atoms with Gasteiger partial charge in [0.15, 0.2) is 0 Å². The van der Waals surface area contributed by atoms with Crippen molar-refractivity contribution in [3.8, 4) is 0 Å². The van der Waals surface area contributed by atoms with Gasteiger partial charge in [-0.15, -0.1) is 0 Å². The van der Waals surface area contributed by atoms with E-state index in [1.165, 1.54) is 58.2 Å². The highest BCUT2D eigenvalue weighted by Gasteiger charge is 2.23. The fourth-order valence-corrected chi connectivity index (χ4v) is 4.33. The molecule has 5 aromatic heterocycles. The molecule has 230 valence electrons. The van der Waals surface area contributed by atoms with Gasteiger partial charge in [-0.3, -0.25) is 48.7 Å². The van der Waals surface area contributed by atoms with Crippen LogP contribution in [0.1, 0.15) is 42.0 Å². The standard InChI is InChI=1S/C33H29N9O4/c1-39(30(43)22-12-5-7-20-34-22)26-16-10-18-28(37-26)41(3)32(45)24-14-9-15-25(36-24)33(46)42(4)29-19-11-17-27(38-29)40(2)31(44)23-13-6-8-21-35-23/h5-21H,1-4H3. The van der Waals surface area contributed by atoms with Crippen LogP contribution in [0.4, 0.5) is 23.3 Å². The highest BCUT2D eigenvalue weighted by atomic mass is 16.2. The van der Waals surface area contributed by atoms with Crippen molar-refractivity contribution in [1.29, 1.82) is 0 Å². The predicted molar refractivity (Wildman–Crippen MR) is 172 cm³/mol. The highest BCUT2D eigenvalue weighted by Crippen LogP contribution is 2.21. The van der Waals surface area contributed by atoms with Crippen LogP contribution in [-0.4, -0.2) is 76.7 Å². The second-order valence-electron chi connectivity index (χ2n) is 10.0. The Hall–Kier alpha value is -6.37. The van der Waals surface area contributed by atoms with Gasteiger partial charge >= 0.3 is 0 Å². The first kappa shape index (κ1) is 31.1. The molecule has 0 aliphatic carbocycles. The first-order valence-electron chi connectivity index (χ1n) is 14.0. The molecule has 0 spiro atoms. The molecule has 0 saturated heterocycles. The fourth-order valence-electron chi connectivity index (χ4n) is 4.33. The zero-order chi connectivity index (χ0) is 32.8. The third kappa shape index (κ3) is 6.58. The van der Waals surface area contributed by atoms with Crippen molar-refractivity contribution >= 4 is 46.9 Å². The quantitative estimate of drug-likeness (QED) is 0.255. The maximum absolute atomic E-state index is 13.4. The minimum Gasteiger partial charge on any atom is -0.294 e. The molecule has 13 nitrogen and oxygen atoms in total. The molecule has 4 amide bonds. The Labute approximate surface area is 264 Å². The van der Waals surface area contributed by atoms with Crippen LogP contribution in [0.25, 0.3) is 0 Å². The van der Waals surface area contributed by atoms with Crippen LogP contribution in [0, 0.1) is 0 Å². The van der Waals surface area contributed by atoms with E-state index in [-0.39, 0.29) is 46.2 Å². The zero-order valence-electron chi connectivity index (χ0n) is 25.5. The highest BCUT2D eigenvalue weighted by molar-refractivity contribution is 6.08. The van der Waals surface area contributed by atoms with E-state index in [0.717, 1.165) is 0 Å². The predicted octanol–water partition coefficient (Wildman–Crippen LogP) is 3.77. The van der Waals surface area contributed by atoms with Crippen LogP contribution in [0.3, 0.4) is 0 Å². The summed E-state index contributed by atoms with van der Waals surface area (Å²) in [6.07, 6.45) is 3.06. The third-order valence-electron chi connectivity index (χ3n) is 6.99. The molecular weight excluding hydrogens is 586 g/mol. The summed E-state index contributed by atoms with van der Waals surface area (Å²) in [5.74, 6) is -0.591. The number of hydrogen-bond acceptors (Lipinski definition) is 9. The van der Waals surface area contributed by atoms with E-state index in [1.54, 1.807) is 93.0 Å². The zero-order valence-corrected chi connectivity index (χ0v) is 25.5. The van der Waals surface area contributed by atoms with Crippen molar-refractivity contribution in [2.75, 3.05) is 47.8 Å². The van der Waals surface area contributed by atoms with Gasteiger partial charge in [0.05, 0.1) is 0 Å². The number of hydrogen-bond donors (Lipinski definition) is 0. The molecule has 0 saturated carbocycles. The molecule has 5 aromatic rings. The second kappa shape index (κ2) is 13.5. The molecule has 13 heteroatoms. The van der Waals surface area contributed by atoms with Crippen molar-refractivity contribution in [2.24, 2.45) is 0 Å². The lowest BCUT2D eigenvalue weighted by Gasteiger charge is -2.21.